The standard InChI is InChI=1S/C15H26N4O/c1-11(2)12-4-3-5-13(7-6-12)18-14-8-17-19(9-14)10-15(16)20/h8-9,11-13,18H,3-7,10H2,1-2H3,(H2,16,20). The van der Waals surface area contributed by atoms with Crippen molar-refractivity contribution in [3.8, 4) is 0 Å². The Labute approximate surface area is 120 Å². The molecule has 0 spiro atoms. The van der Waals surface area contributed by atoms with E-state index in [-0.39, 0.29) is 12.5 Å². The predicted molar refractivity (Wildman–Crippen MR) is 80.2 cm³/mol. The van der Waals surface area contributed by atoms with E-state index in [1.54, 1.807) is 10.9 Å². The number of rotatable bonds is 5. The van der Waals surface area contributed by atoms with E-state index in [0.717, 1.165) is 17.5 Å². The zero-order chi connectivity index (χ0) is 14.5. The van der Waals surface area contributed by atoms with E-state index < -0.39 is 0 Å². The van der Waals surface area contributed by atoms with E-state index >= 15 is 0 Å². The molecule has 1 saturated carbocycles. The molecule has 1 aliphatic rings. The number of nitrogens with two attached hydrogens (primary N) is 1. The third-order valence-corrected chi connectivity index (χ3v) is 4.28. The largest absolute Gasteiger partial charge is 0.380 e. The molecule has 20 heavy (non-hydrogen) atoms. The lowest BCUT2D eigenvalue weighted by molar-refractivity contribution is -0.118. The SMILES string of the molecule is CC(C)C1CCCC(Nc2cnn(CC(N)=O)c2)CC1. The highest BCUT2D eigenvalue weighted by molar-refractivity contribution is 5.73. The number of nitrogens with one attached hydrogen (secondary N) is 1. The smallest absolute Gasteiger partial charge is 0.239 e. The maximum Gasteiger partial charge on any atom is 0.239 e. The Morgan fingerprint density at radius 3 is 2.95 bits per heavy atom. The van der Waals surface area contributed by atoms with Crippen LogP contribution in [0.5, 0.6) is 0 Å². The van der Waals surface area contributed by atoms with Gasteiger partial charge in [0.15, 0.2) is 0 Å². The van der Waals surface area contributed by atoms with Crippen LogP contribution in [0.15, 0.2) is 12.4 Å². The molecule has 0 aromatic carbocycles. The summed E-state index contributed by atoms with van der Waals surface area (Å²) in [6, 6.07) is 0.518. The Bertz CT molecular complexity index is 441. The maximum atomic E-state index is 10.9. The molecule has 3 N–H and O–H groups in total. The number of nitrogens with zero attached hydrogens (tertiary/aromatic N) is 2. The van der Waals surface area contributed by atoms with Gasteiger partial charge in [-0.1, -0.05) is 26.7 Å². The first-order valence-corrected chi connectivity index (χ1v) is 7.62. The highest BCUT2D eigenvalue weighted by atomic mass is 16.1. The number of aromatic nitrogens is 2. The van der Waals surface area contributed by atoms with Crippen LogP contribution in [0.2, 0.25) is 0 Å². The zero-order valence-corrected chi connectivity index (χ0v) is 12.5. The maximum absolute atomic E-state index is 10.9. The highest BCUT2D eigenvalue weighted by Crippen LogP contribution is 2.30. The fourth-order valence-electron chi connectivity index (χ4n) is 3.06. The lowest BCUT2D eigenvalue weighted by atomic mass is 9.89. The van der Waals surface area contributed by atoms with Crippen LogP contribution in [0.3, 0.4) is 0 Å². The molecule has 2 rings (SSSR count). The van der Waals surface area contributed by atoms with E-state index in [2.05, 4.69) is 24.3 Å². The van der Waals surface area contributed by atoms with Crippen molar-refractivity contribution in [2.45, 2.75) is 58.5 Å². The van der Waals surface area contributed by atoms with Gasteiger partial charge >= 0.3 is 0 Å². The van der Waals surface area contributed by atoms with Crippen molar-refractivity contribution in [1.82, 2.24) is 9.78 Å². The van der Waals surface area contributed by atoms with Crippen molar-refractivity contribution in [3.05, 3.63) is 12.4 Å². The summed E-state index contributed by atoms with van der Waals surface area (Å²) in [4.78, 5) is 10.9. The van der Waals surface area contributed by atoms with Gasteiger partial charge in [0.05, 0.1) is 11.9 Å². The number of hydrogen-bond donors (Lipinski definition) is 2. The summed E-state index contributed by atoms with van der Waals surface area (Å²) >= 11 is 0. The molecular weight excluding hydrogens is 252 g/mol. The van der Waals surface area contributed by atoms with Gasteiger partial charge < -0.3 is 11.1 Å². The first-order chi connectivity index (χ1) is 9.54. The normalized spacial score (nSPS) is 23.6. The van der Waals surface area contributed by atoms with Crippen LogP contribution in [0.4, 0.5) is 5.69 Å². The van der Waals surface area contributed by atoms with Crippen LogP contribution in [0, 0.1) is 11.8 Å². The second-order valence-electron chi connectivity index (χ2n) is 6.25. The summed E-state index contributed by atoms with van der Waals surface area (Å²) in [6.45, 7) is 4.79. The number of primary amides is 1. The molecule has 2 atom stereocenters. The molecule has 2 unspecified atom stereocenters. The topological polar surface area (TPSA) is 72.9 Å². The minimum atomic E-state index is -0.367. The molecule has 1 fully saturated rings. The number of carbonyl (C=O) groups is 1. The monoisotopic (exact) mass is 278 g/mol. The van der Waals surface area contributed by atoms with Gasteiger partial charge in [-0.25, -0.2) is 0 Å². The van der Waals surface area contributed by atoms with Crippen LogP contribution in [0.1, 0.15) is 46.0 Å². The molecule has 0 aliphatic heterocycles. The lowest BCUT2D eigenvalue weighted by Gasteiger charge is -2.19. The molecule has 0 radical (unpaired) electrons. The molecule has 1 aromatic heterocycles. The Morgan fingerprint density at radius 2 is 2.25 bits per heavy atom. The second-order valence-corrected chi connectivity index (χ2v) is 6.25. The first-order valence-electron chi connectivity index (χ1n) is 7.62. The molecule has 0 bridgehead atoms. The Hall–Kier alpha value is -1.52. The van der Waals surface area contributed by atoms with E-state index in [4.69, 9.17) is 5.73 Å². The third kappa shape index (κ3) is 4.25. The number of amides is 1. The van der Waals surface area contributed by atoms with E-state index in [0.29, 0.717) is 6.04 Å². The fraction of sp³-hybridized carbons (Fsp3) is 0.733. The summed E-state index contributed by atoms with van der Waals surface area (Å²) < 4.78 is 1.58. The van der Waals surface area contributed by atoms with Crippen LogP contribution < -0.4 is 11.1 Å². The molecule has 1 amide bonds. The molecule has 1 aliphatic carbocycles. The van der Waals surface area contributed by atoms with Crippen LogP contribution >= 0.6 is 0 Å². The minimum absolute atomic E-state index is 0.141. The highest BCUT2D eigenvalue weighted by Gasteiger charge is 2.21. The van der Waals surface area contributed by atoms with Crippen molar-refractivity contribution in [2.75, 3.05) is 5.32 Å². The molecule has 0 saturated heterocycles. The van der Waals surface area contributed by atoms with Crippen molar-refractivity contribution >= 4 is 11.6 Å². The average Bonchev–Trinajstić information content (AvgIpc) is 2.65. The van der Waals surface area contributed by atoms with Gasteiger partial charge in [-0.15, -0.1) is 0 Å². The van der Waals surface area contributed by atoms with Crippen molar-refractivity contribution in [3.63, 3.8) is 0 Å². The van der Waals surface area contributed by atoms with Crippen molar-refractivity contribution in [2.24, 2.45) is 17.6 Å². The van der Waals surface area contributed by atoms with Crippen LogP contribution in [-0.2, 0) is 11.3 Å². The molecule has 5 heteroatoms. The second kappa shape index (κ2) is 6.77. The van der Waals surface area contributed by atoms with Gasteiger partial charge in [0.25, 0.3) is 0 Å². The summed E-state index contributed by atoms with van der Waals surface area (Å²) in [6.07, 6.45) is 9.98. The van der Waals surface area contributed by atoms with Gasteiger partial charge in [-0.3, -0.25) is 9.48 Å². The molecule has 112 valence electrons. The Morgan fingerprint density at radius 1 is 1.45 bits per heavy atom. The summed E-state index contributed by atoms with van der Waals surface area (Å²) in [5.74, 6) is 1.28. The third-order valence-electron chi connectivity index (χ3n) is 4.28. The van der Waals surface area contributed by atoms with Crippen LogP contribution in [-0.4, -0.2) is 21.7 Å². The first kappa shape index (κ1) is 14.9. The van der Waals surface area contributed by atoms with E-state index in [1.165, 1.54) is 32.1 Å². The average molecular weight is 278 g/mol. The van der Waals surface area contributed by atoms with Crippen molar-refractivity contribution in [1.29, 1.82) is 0 Å². The summed E-state index contributed by atoms with van der Waals surface area (Å²) in [5.41, 5.74) is 6.15. The van der Waals surface area contributed by atoms with Gasteiger partial charge in [0.1, 0.15) is 6.54 Å². The Balaban J connectivity index is 1.86. The van der Waals surface area contributed by atoms with E-state index in [9.17, 15) is 4.79 Å². The number of carbonyl (C=O) groups excluding carboxylic acids is 1. The van der Waals surface area contributed by atoms with Crippen LogP contribution in [0.25, 0.3) is 0 Å². The van der Waals surface area contributed by atoms with Gasteiger partial charge in [-0.2, -0.15) is 5.10 Å². The molecule has 1 aromatic rings. The quantitative estimate of drug-likeness (QED) is 0.812. The van der Waals surface area contributed by atoms with Gasteiger partial charge in [0.2, 0.25) is 5.91 Å². The minimum Gasteiger partial charge on any atom is -0.380 e. The summed E-state index contributed by atoms with van der Waals surface area (Å²) in [5, 5.41) is 7.68. The Kier molecular flexibility index (Phi) is 5.04. The predicted octanol–water partition coefficient (Wildman–Crippen LogP) is 2.39. The molecule has 5 nitrogen and oxygen atoms in total. The summed E-state index contributed by atoms with van der Waals surface area (Å²) in [7, 11) is 0. The molecular formula is C15H26N4O. The van der Waals surface area contributed by atoms with Crippen molar-refractivity contribution < 1.29 is 4.79 Å². The number of anilines is 1. The fourth-order valence-corrected chi connectivity index (χ4v) is 3.06. The lowest BCUT2D eigenvalue weighted by Crippen LogP contribution is -2.19. The zero-order valence-electron chi connectivity index (χ0n) is 12.5. The van der Waals surface area contributed by atoms with Gasteiger partial charge in [-0.05, 0) is 31.1 Å². The molecule has 1 heterocycles. The van der Waals surface area contributed by atoms with Gasteiger partial charge in [0, 0.05) is 12.2 Å². The van der Waals surface area contributed by atoms with E-state index in [1.807, 2.05) is 6.20 Å². The number of hydrogen-bond acceptors (Lipinski definition) is 3.